The van der Waals surface area contributed by atoms with Crippen molar-refractivity contribution in [2.24, 2.45) is 11.8 Å². The Bertz CT molecular complexity index is 557. The van der Waals surface area contributed by atoms with E-state index in [1.54, 1.807) is 18.2 Å². The number of rotatable bonds is 5. The van der Waals surface area contributed by atoms with Crippen molar-refractivity contribution < 1.29 is 42.6 Å². The standard InChI is InChI=1S/C16H18NO2S2.Y/c1-21-9-5-4-6-13-12(10-17-16(13)20)11-19-15-8-3-2-7-14(15)18;/h2-3,7-8,12-13,18H,1,6,9-11H2,(H,17,20);/q-1;/t12-,13-;/m1./s1. The normalized spacial score (nSPS) is 19.6. The van der Waals surface area contributed by atoms with Gasteiger partial charge in [-0.25, -0.2) is 0 Å². The molecule has 0 bridgehead atoms. The van der Waals surface area contributed by atoms with E-state index in [0.29, 0.717) is 12.4 Å². The van der Waals surface area contributed by atoms with Gasteiger partial charge in [0.05, 0.1) is 11.6 Å². The summed E-state index contributed by atoms with van der Waals surface area (Å²) < 4.78 is 5.71. The Labute approximate surface area is 166 Å². The molecule has 1 aliphatic heterocycles. The van der Waals surface area contributed by atoms with Crippen molar-refractivity contribution in [1.82, 2.24) is 5.32 Å². The van der Waals surface area contributed by atoms with Gasteiger partial charge in [0.25, 0.3) is 0 Å². The summed E-state index contributed by atoms with van der Waals surface area (Å²) in [5, 5.41) is 12.9. The summed E-state index contributed by atoms with van der Waals surface area (Å²) in [7, 11) is 0. The molecule has 1 aliphatic rings. The van der Waals surface area contributed by atoms with E-state index in [9.17, 15) is 5.11 Å². The van der Waals surface area contributed by atoms with Crippen LogP contribution in [0, 0.1) is 29.9 Å². The van der Waals surface area contributed by atoms with Crippen molar-refractivity contribution in [3.8, 4) is 23.3 Å². The third-order valence-corrected chi connectivity index (χ3v) is 4.18. The Hall–Kier alpha value is -0.276. The van der Waals surface area contributed by atoms with E-state index in [1.165, 1.54) is 11.8 Å². The largest absolute Gasteiger partial charge is 0.504 e. The number of phenols is 1. The Morgan fingerprint density at radius 2 is 2.18 bits per heavy atom. The Kier molecular flexibility index (Phi) is 9.43. The number of hydrogen-bond donors (Lipinski definition) is 2. The molecular formula is C16H18NO2S2Y-. The quantitative estimate of drug-likeness (QED) is 0.445. The van der Waals surface area contributed by atoms with Gasteiger partial charge in [-0.3, -0.25) is 6.26 Å². The number of ether oxygens (including phenoxy) is 1. The second kappa shape index (κ2) is 10.5. The van der Waals surface area contributed by atoms with Gasteiger partial charge in [0.15, 0.2) is 11.5 Å². The van der Waals surface area contributed by atoms with E-state index in [4.69, 9.17) is 17.0 Å². The van der Waals surface area contributed by atoms with Gasteiger partial charge in [-0.05, 0) is 12.1 Å². The summed E-state index contributed by atoms with van der Waals surface area (Å²) in [6.07, 6.45) is 4.43. The monoisotopic (exact) mass is 409 g/mol. The van der Waals surface area contributed by atoms with Crippen molar-refractivity contribution in [2.45, 2.75) is 6.42 Å². The van der Waals surface area contributed by atoms with E-state index in [-0.39, 0.29) is 50.3 Å². The number of thiocarbonyl (C=S) groups is 1. The Morgan fingerprint density at radius 1 is 1.41 bits per heavy atom. The number of para-hydroxylation sites is 2. The molecule has 2 rings (SSSR count). The first-order valence-corrected chi connectivity index (χ1v) is 8.30. The predicted molar refractivity (Wildman–Crippen MR) is 91.4 cm³/mol. The van der Waals surface area contributed by atoms with Gasteiger partial charge in [0, 0.05) is 63.3 Å². The second-order valence-electron chi connectivity index (χ2n) is 4.80. The molecule has 1 fully saturated rings. The molecule has 0 spiro atoms. The molecule has 1 aromatic rings. The second-order valence-corrected chi connectivity index (χ2v) is 5.93. The van der Waals surface area contributed by atoms with Crippen molar-refractivity contribution in [1.29, 1.82) is 0 Å². The van der Waals surface area contributed by atoms with Crippen LogP contribution in [0.4, 0.5) is 0 Å². The summed E-state index contributed by atoms with van der Waals surface area (Å²) in [6, 6.07) is 6.99. The third kappa shape index (κ3) is 5.73. The van der Waals surface area contributed by atoms with Gasteiger partial charge in [-0.2, -0.15) is 0 Å². The molecule has 0 amide bonds. The van der Waals surface area contributed by atoms with Crippen LogP contribution in [0.3, 0.4) is 0 Å². The van der Waals surface area contributed by atoms with E-state index < -0.39 is 0 Å². The molecule has 0 aromatic heterocycles. The molecule has 0 saturated carbocycles. The Balaban J connectivity index is 0.00000242. The van der Waals surface area contributed by atoms with Gasteiger partial charge in [-0.15, -0.1) is 5.92 Å². The number of phenolic OH excluding ortho intramolecular Hbond substituents is 1. The smallest absolute Gasteiger partial charge is 0.160 e. The molecule has 2 atom stereocenters. The maximum absolute atomic E-state index is 9.71. The molecule has 6 heteroatoms. The van der Waals surface area contributed by atoms with Crippen LogP contribution in [0.5, 0.6) is 11.5 Å². The molecule has 115 valence electrons. The van der Waals surface area contributed by atoms with Crippen LogP contribution < -0.4 is 10.1 Å². The SMILES string of the molecule is [CH2-]SCC#CC[C@H]1C(=S)NC[C@@H]1COc1ccccc1O.[Y]. The minimum atomic E-state index is 0. The Morgan fingerprint density at radius 3 is 2.91 bits per heavy atom. The predicted octanol–water partition coefficient (Wildman–Crippen LogP) is 2.85. The average Bonchev–Trinajstić information content (AvgIpc) is 2.83. The van der Waals surface area contributed by atoms with Crippen molar-refractivity contribution in [3.05, 3.63) is 30.5 Å². The molecule has 0 unspecified atom stereocenters. The van der Waals surface area contributed by atoms with E-state index in [1.807, 2.05) is 6.07 Å². The topological polar surface area (TPSA) is 41.5 Å². The zero-order chi connectivity index (χ0) is 15.1. The summed E-state index contributed by atoms with van der Waals surface area (Å²) in [5.74, 6) is 8.13. The minimum Gasteiger partial charge on any atom is -0.504 e. The van der Waals surface area contributed by atoms with Crippen LogP contribution >= 0.6 is 24.0 Å². The van der Waals surface area contributed by atoms with Gasteiger partial charge in [-0.1, -0.05) is 30.3 Å². The minimum absolute atomic E-state index is 0. The zero-order valence-corrected chi connectivity index (χ0v) is 16.7. The van der Waals surface area contributed by atoms with Crippen LogP contribution in [-0.2, 0) is 32.7 Å². The fraction of sp³-hybridized carbons (Fsp3) is 0.375. The molecule has 22 heavy (non-hydrogen) atoms. The zero-order valence-electron chi connectivity index (χ0n) is 12.2. The van der Waals surface area contributed by atoms with Crippen LogP contribution in [0.2, 0.25) is 0 Å². The maximum atomic E-state index is 9.71. The molecule has 3 nitrogen and oxygen atoms in total. The van der Waals surface area contributed by atoms with Crippen molar-refractivity contribution >= 4 is 29.0 Å². The first-order chi connectivity index (χ1) is 10.2. The number of thioether (sulfide) groups is 1. The molecule has 1 aromatic carbocycles. The number of aromatic hydroxyl groups is 1. The summed E-state index contributed by atoms with van der Waals surface area (Å²) in [6.45, 7) is 1.31. The number of benzene rings is 1. The van der Waals surface area contributed by atoms with Gasteiger partial charge >= 0.3 is 0 Å². The summed E-state index contributed by atoms with van der Waals surface area (Å²) in [5.41, 5.74) is 0. The molecule has 2 N–H and O–H groups in total. The van der Waals surface area contributed by atoms with Gasteiger partial charge in [0.1, 0.15) is 0 Å². The fourth-order valence-corrected chi connectivity index (χ4v) is 2.78. The molecule has 1 heterocycles. The number of hydrogen-bond acceptors (Lipinski definition) is 4. The third-order valence-electron chi connectivity index (χ3n) is 3.38. The first-order valence-electron chi connectivity index (χ1n) is 6.73. The van der Waals surface area contributed by atoms with Crippen molar-refractivity contribution in [2.75, 3.05) is 18.9 Å². The summed E-state index contributed by atoms with van der Waals surface area (Å²) in [4.78, 5) is 0.859. The van der Waals surface area contributed by atoms with Gasteiger partial charge in [0.2, 0.25) is 0 Å². The first kappa shape index (κ1) is 19.8. The van der Waals surface area contributed by atoms with E-state index in [2.05, 4.69) is 23.4 Å². The maximum Gasteiger partial charge on any atom is 0.160 e. The molecule has 1 saturated heterocycles. The summed E-state index contributed by atoms with van der Waals surface area (Å²) >= 11 is 6.82. The molecule has 0 aliphatic carbocycles. The fourth-order valence-electron chi connectivity index (χ4n) is 2.21. The van der Waals surface area contributed by atoms with Gasteiger partial charge < -0.3 is 26.9 Å². The van der Waals surface area contributed by atoms with Crippen LogP contribution in [0.1, 0.15) is 6.42 Å². The average molecular weight is 409 g/mol. The van der Waals surface area contributed by atoms with Crippen LogP contribution in [0.25, 0.3) is 0 Å². The van der Waals surface area contributed by atoms with E-state index >= 15 is 0 Å². The number of nitrogens with one attached hydrogen (secondary N) is 1. The molecular weight excluding hydrogens is 391 g/mol. The van der Waals surface area contributed by atoms with Crippen molar-refractivity contribution in [3.63, 3.8) is 0 Å². The van der Waals surface area contributed by atoms with E-state index in [0.717, 1.165) is 23.7 Å². The van der Waals surface area contributed by atoms with Crippen LogP contribution in [-0.4, -0.2) is 29.0 Å². The van der Waals surface area contributed by atoms with Crippen LogP contribution in [0.15, 0.2) is 24.3 Å². The molecule has 1 radical (unpaired) electrons.